The van der Waals surface area contributed by atoms with E-state index in [9.17, 15) is 4.91 Å². The summed E-state index contributed by atoms with van der Waals surface area (Å²) in [6, 6.07) is 7.04. The number of rotatable bonds is 7. The van der Waals surface area contributed by atoms with Crippen LogP contribution in [0.3, 0.4) is 0 Å². The van der Waals surface area contributed by atoms with Gasteiger partial charge in [-0.1, -0.05) is 0 Å². The molecule has 140 valence electrons. The van der Waals surface area contributed by atoms with Crippen LogP contribution in [0.15, 0.2) is 41.8 Å². The van der Waals surface area contributed by atoms with Crippen LogP contribution in [0.4, 0.5) is 5.82 Å². The highest BCUT2D eigenvalue weighted by atomic mass is 16.5. The lowest BCUT2D eigenvalue weighted by molar-refractivity contribution is 0.405. The quantitative estimate of drug-likeness (QED) is 0.576. The van der Waals surface area contributed by atoms with E-state index in [0.29, 0.717) is 34.5 Å². The average molecular weight is 366 g/mol. The van der Waals surface area contributed by atoms with E-state index >= 15 is 0 Å². The van der Waals surface area contributed by atoms with Gasteiger partial charge in [0.25, 0.3) is 0 Å². The Bertz CT molecular complexity index is 867. The molecule has 0 spiro atoms. The fourth-order valence-corrected chi connectivity index (χ4v) is 2.92. The molecule has 3 heterocycles. The second kappa shape index (κ2) is 8.50. The summed E-state index contributed by atoms with van der Waals surface area (Å²) in [4.78, 5) is 21.2. The number of aromatic nitrogens is 2. The normalized spacial score (nSPS) is 17.6. The number of nitrogens with one attached hydrogen (secondary N) is 2. The highest BCUT2D eigenvalue weighted by molar-refractivity contribution is 6.07. The molecule has 8 nitrogen and oxygen atoms in total. The van der Waals surface area contributed by atoms with Gasteiger partial charge in [-0.15, -0.1) is 4.91 Å². The Hall–Kier alpha value is -3.13. The van der Waals surface area contributed by atoms with Crippen molar-refractivity contribution >= 4 is 17.6 Å². The van der Waals surface area contributed by atoms with Crippen LogP contribution >= 0.6 is 0 Å². The minimum atomic E-state index is 0.118. The zero-order chi connectivity index (χ0) is 19.2. The summed E-state index contributed by atoms with van der Waals surface area (Å²) in [6.45, 7) is 3.80. The molecule has 1 aliphatic rings. The second-order valence-electron chi connectivity index (χ2n) is 6.48. The molecule has 1 fully saturated rings. The Labute approximate surface area is 157 Å². The Balaban J connectivity index is 1.75. The molecule has 27 heavy (non-hydrogen) atoms. The predicted octanol–water partition coefficient (Wildman–Crippen LogP) is 3.26. The lowest BCUT2D eigenvalue weighted by atomic mass is 10.2. The van der Waals surface area contributed by atoms with Crippen molar-refractivity contribution in [1.82, 2.24) is 20.2 Å². The molecule has 0 aliphatic carbocycles. The third-order valence-electron chi connectivity index (χ3n) is 4.39. The molecule has 3 rings (SSSR count). The van der Waals surface area contributed by atoms with Crippen LogP contribution in [0, 0.1) is 17.2 Å². The highest BCUT2D eigenvalue weighted by Gasteiger charge is 2.18. The molecule has 0 bridgehead atoms. The van der Waals surface area contributed by atoms with Crippen LogP contribution in [-0.2, 0) is 0 Å². The fourth-order valence-electron chi connectivity index (χ4n) is 2.92. The number of hydrogen-bond acceptors (Lipinski definition) is 8. The van der Waals surface area contributed by atoms with Crippen molar-refractivity contribution in [1.29, 1.82) is 5.41 Å². The first-order valence-corrected chi connectivity index (χ1v) is 8.69. The van der Waals surface area contributed by atoms with Crippen molar-refractivity contribution in [2.24, 2.45) is 5.18 Å². The van der Waals surface area contributed by atoms with Crippen molar-refractivity contribution in [3.63, 3.8) is 0 Å². The molecule has 0 saturated carbocycles. The zero-order valence-electron chi connectivity index (χ0n) is 15.3. The van der Waals surface area contributed by atoms with Gasteiger partial charge in [-0.2, -0.15) is 0 Å². The lowest BCUT2D eigenvalue weighted by Crippen LogP contribution is -2.27. The maximum absolute atomic E-state index is 10.6. The number of allylic oxidation sites excluding steroid dienone is 1. The van der Waals surface area contributed by atoms with Crippen molar-refractivity contribution < 1.29 is 4.74 Å². The molecular weight excluding hydrogens is 344 g/mol. The van der Waals surface area contributed by atoms with Crippen LogP contribution in [0.2, 0.25) is 0 Å². The first kappa shape index (κ1) is 18.7. The van der Waals surface area contributed by atoms with Crippen molar-refractivity contribution in [3.8, 4) is 11.5 Å². The summed E-state index contributed by atoms with van der Waals surface area (Å²) >= 11 is 0. The zero-order valence-corrected chi connectivity index (χ0v) is 15.3. The van der Waals surface area contributed by atoms with Gasteiger partial charge in [0.2, 0.25) is 0 Å². The molecule has 8 heteroatoms. The first-order valence-electron chi connectivity index (χ1n) is 8.69. The summed E-state index contributed by atoms with van der Waals surface area (Å²) in [5.41, 5.74) is 1.88. The topological polar surface area (TPSA) is 104 Å². The van der Waals surface area contributed by atoms with Crippen molar-refractivity contribution in [2.75, 3.05) is 20.1 Å². The van der Waals surface area contributed by atoms with Crippen LogP contribution in [0.5, 0.6) is 11.5 Å². The van der Waals surface area contributed by atoms with E-state index in [0.717, 1.165) is 19.5 Å². The number of nitrogens with zero attached hydrogens (tertiary/aromatic N) is 4. The molecule has 1 atom stereocenters. The third-order valence-corrected chi connectivity index (χ3v) is 4.39. The minimum Gasteiger partial charge on any atom is -0.455 e. The van der Waals surface area contributed by atoms with Crippen molar-refractivity contribution in [2.45, 2.75) is 19.4 Å². The number of pyridine rings is 2. The van der Waals surface area contributed by atoms with E-state index in [1.165, 1.54) is 12.3 Å². The van der Waals surface area contributed by atoms with E-state index in [-0.39, 0.29) is 5.82 Å². The molecular formula is C19H22N6O2. The summed E-state index contributed by atoms with van der Waals surface area (Å²) in [5.74, 6) is 1.23. The largest absolute Gasteiger partial charge is 0.455 e. The molecule has 2 N–H and O–H groups in total. The van der Waals surface area contributed by atoms with Gasteiger partial charge in [-0.25, -0.2) is 4.98 Å². The molecule has 2 aromatic rings. The molecule has 0 amide bonds. The number of likely N-dealkylation sites (tertiary alicyclic amines) is 1. The summed E-state index contributed by atoms with van der Waals surface area (Å²) < 4.78 is 5.86. The smallest absolute Gasteiger partial charge is 0.196 e. The Morgan fingerprint density at radius 1 is 1.44 bits per heavy atom. The van der Waals surface area contributed by atoms with Crippen LogP contribution in [0.25, 0.3) is 5.57 Å². The number of hydrogen-bond donors (Lipinski definition) is 2. The van der Waals surface area contributed by atoms with E-state index < -0.39 is 0 Å². The number of ether oxygens (including phenoxy) is 1. The standard InChI is InChI=1S/C19H22N6O2/c1-13-18(3-4-19(23-13)24-26)27-16-5-7-21-17(9-16)14(10-20)11-22-15-6-8-25(2)12-15/h3-5,7,9-11,15,20,22H,6,8,12H2,1-2H3/b14-11+,20-10?. The summed E-state index contributed by atoms with van der Waals surface area (Å²) in [6.07, 6.45) is 5.82. The van der Waals surface area contributed by atoms with Crippen LogP contribution < -0.4 is 10.1 Å². The maximum Gasteiger partial charge on any atom is 0.196 e. The van der Waals surface area contributed by atoms with Gasteiger partial charge in [0.15, 0.2) is 5.82 Å². The fraction of sp³-hybridized carbons (Fsp3) is 0.316. The molecule has 0 radical (unpaired) electrons. The van der Waals surface area contributed by atoms with Gasteiger partial charge in [0, 0.05) is 42.8 Å². The Kier molecular flexibility index (Phi) is 5.87. The monoisotopic (exact) mass is 366 g/mol. The summed E-state index contributed by atoms with van der Waals surface area (Å²) in [5, 5.41) is 13.9. The highest BCUT2D eigenvalue weighted by Crippen LogP contribution is 2.27. The molecule has 1 saturated heterocycles. The molecule has 1 aliphatic heterocycles. The van der Waals surface area contributed by atoms with Gasteiger partial charge in [0.05, 0.1) is 11.4 Å². The minimum absolute atomic E-state index is 0.118. The van der Waals surface area contributed by atoms with Gasteiger partial charge in [-0.3, -0.25) is 4.98 Å². The van der Waals surface area contributed by atoms with Gasteiger partial charge < -0.3 is 20.4 Å². The second-order valence-corrected chi connectivity index (χ2v) is 6.48. The SMILES string of the molecule is Cc1nc(N=O)ccc1Oc1ccnc(/C(C=N)=C/NC2CCN(C)C2)c1. The first-order chi connectivity index (χ1) is 13.1. The van der Waals surface area contributed by atoms with E-state index in [1.807, 2.05) is 6.20 Å². The average Bonchev–Trinajstić information content (AvgIpc) is 3.09. The van der Waals surface area contributed by atoms with Crippen LogP contribution in [0.1, 0.15) is 17.8 Å². The van der Waals surface area contributed by atoms with E-state index in [1.54, 1.807) is 31.3 Å². The number of nitroso groups, excluding NO2 is 1. The maximum atomic E-state index is 10.6. The molecule has 1 unspecified atom stereocenters. The molecule has 0 aromatic carbocycles. The molecule has 2 aromatic heterocycles. The Morgan fingerprint density at radius 2 is 2.30 bits per heavy atom. The van der Waals surface area contributed by atoms with Gasteiger partial charge in [0.1, 0.15) is 11.5 Å². The van der Waals surface area contributed by atoms with Gasteiger partial charge in [-0.05, 0) is 50.3 Å². The van der Waals surface area contributed by atoms with E-state index in [4.69, 9.17) is 10.1 Å². The predicted molar refractivity (Wildman–Crippen MR) is 105 cm³/mol. The summed E-state index contributed by atoms with van der Waals surface area (Å²) in [7, 11) is 2.10. The third kappa shape index (κ3) is 4.73. The van der Waals surface area contributed by atoms with Crippen molar-refractivity contribution in [3.05, 3.63) is 53.0 Å². The number of aryl methyl sites for hydroxylation is 1. The van der Waals surface area contributed by atoms with Gasteiger partial charge >= 0.3 is 0 Å². The van der Waals surface area contributed by atoms with Crippen LogP contribution in [-0.4, -0.2) is 47.3 Å². The number of likely N-dealkylation sites (N-methyl/N-ethyl adjacent to an activating group) is 1. The lowest BCUT2D eigenvalue weighted by Gasteiger charge is -2.12. The van der Waals surface area contributed by atoms with E-state index in [2.05, 4.69) is 32.4 Å². The Morgan fingerprint density at radius 3 is 2.96 bits per heavy atom.